The quantitative estimate of drug-likeness (QED) is 0.824. The average Bonchev–Trinajstić information content (AvgIpc) is 2.99. The number of hydrogen-bond donors (Lipinski definition) is 1. The number of methoxy groups -OCH3 is 1. The van der Waals surface area contributed by atoms with Crippen LogP contribution in [0.2, 0.25) is 0 Å². The normalized spacial score (nSPS) is 23.6. The van der Waals surface area contributed by atoms with Crippen molar-refractivity contribution in [2.24, 2.45) is 4.99 Å². The zero-order chi connectivity index (χ0) is 18.1. The van der Waals surface area contributed by atoms with Crippen LogP contribution >= 0.6 is 0 Å². The second-order valence-electron chi connectivity index (χ2n) is 7.77. The molecule has 2 fully saturated rings. The van der Waals surface area contributed by atoms with Crippen LogP contribution in [0.25, 0.3) is 0 Å². The topological polar surface area (TPSA) is 36.9 Å². The van der Waals surface area contributed by atoms with Crippen LogP contribution in [0, 0.1) is 11.8 Å². The summed E-state index contributed by atoms with van der Waals surface area (Å²) in [7, 11) is 3.62. The van der Waals surface area contributed by atoms with E-state index in [1.807, 2.05) is 7.05 Å². The van der Waals surface area contributed by atoms with Crippen LogP contribution in [0.3, 0.4) is 0 Å². The summed E-state index contributed by atoms with van der Waals surface area (Å²) in [5.74, 6) is 8.82. The minimum Gasteiger partial charge on any atom is -0.495 e. The first kappa shape index (κ1) is 17.4. The van der Waals surface area contributed by atoms with Crippen LogP contribution in [0.4, 0.5) is 5.69 Å². The molecule has 1 spiro atoms. The number of nitrogens with zero attached hydrogens (tertiary/aromatic N) is 2. The van der Waals surface area contributed by atoms with Crippen LogP contribution in [-0.2, 0) is 5.41 Å². The van der Waals surface area contributed by atoms with Crippen LogP contribution in [0.5, 0.6) is 5.75 Å². The molecule has 2 heterocycles. The third kappa shape index (κ3) is 2.79. The van der Waals surface area contributed by atoms with Gasteiger partial charge in [0.2, 0.25) is 0 Å². The molecule has 0 amide bonds. The van der Waals surface area contributed by atoms with Crippen LogP contribution in [0.15, 0.2) is 17.1 Å². The summed E-state index contributed by atoms with van der Waals surface area (Å²) in [6.07, 6.45) is 7.53. The van der Waals surface area contributed by atoms with E-state index in [-0.39, 0.29) is 11.5 Å². The molecule has 1 aliphatic carbocycles. The fourth-order valence-electron chi connectivity index (χ4n) is 4.61. The summed E-state index contributed by atoms with van der Waals surface area (Å²) < 4.78 is 5.70. The molecule has 0 bridgehead atoms. The lowest BCUT2D eigenvalue weighted by Gasteiger charge is -2.38. The van der Waals surface area contributed by atoms with Crippen LogP contribution in [0.1, 0.15) is 56.6 Å². The van der Waals surface area contributed by atoms with Crippen molar-refractivity contribution in [1.82, 2.24) is 4.90 Å². The van der Waals surface area contributed by atoms with Gasteiger partial charge in [0, 0.05) is 12.7 Å². The predicted molar refractivity (Wildman–Crippen MR) is 107 cm³/mol. The van der Waals surface area contributed by atoms with E-state index in [0.717, 1.165) is 35.9 Å². The summed E-state index contributed by atoms with van der Waals surface area (Å²) >= 11 is 0. The first-order chi connectivity index (χ1) is 12.7. The van der Waals surface area contributed by atoms with E-state index in [1.54, 1.807) is 7.11 Å². The largest absolute Gasteiger partial charge is 0.495 e. The summed E-state index contributed by atoms with van der Waals surface area (Å²) in [6.45, 7) is 4.54. The lowest BCUT2D eigenvalue weighted by atomic mass is 9.65. The summed E-state index contributed by atoms with van der Waals surface area (Å²) in [5, 5.41) is 3.54. The van der Waals surface area contributed by atoms with E-state index in [4.69, 9.17) is 4.74 Å². The molecular weight excluding hydrogens is 322 g/mol. The molecule has 1 aromatic rings. The Bertz CT molecular complexity index is 777. The van der Waals surface area contributed by atoms with Gasteiger partial charge >= 0.3 is 0 Å². The number of rotatable bonds is 2. The Balaban J connectivity index is 1.64. The zero-order valence-electron chi connectivity index (χ0n) is 16.2. The smallest absolute Gasteiger partial charge is 0.134 e. The Morgan fingerprint density at radius 1 is 1.19 bits per heavy atom. The van der Waals surface area contributed by atoms with E-state index in [2.05, 4.69) is 46.1 Å². The van der Waals surface area contributed by atoms with Gasteiger partial charge in [-0.2, -0.15) is 0 Å². The standard InChI is InChI=1S/C22H29N3O/c1-16(25-12-5-4-6-13-25)8-9-17-14-19-18(15-20(17)26-3)22(10-7-11-22)21(23-2)24-19/h14-16H,4-7,10-13H2,1-3H3,(H,23,24)/t16-/m1/s1. The second kappa shape index (κ2) is 6.96. The van der Waals surface area contributed by atoms with Crippen molar-refractivity contribution in [1.29, 1.82) is 0 Å². The fourth-order valence-corrected chi connectivity index (χ4v) is 4.61. The number of amidine groups is 1. The molecule has 2 aliphatic heterocycles. The molecule has 0 radical (unpaired) electrons. The molecule has 1 aromatic carbocycles. The van der Waals surface area contributed by atoms with Crippen molar-refractivity contribution in [3.63, 3.8) is 0 Å². The van der Waals surface area contributed by atoms with Gasteiger partial charge in [-0.3, -0.25) is 9.89 Å². The number of aliphatic imine (C=N–C) groups is 1. The second-order valence-corrected chi connectivity index (χ2v) is 7.77. The molecule has 1 saturated carbocycles. The molecule has 4 nitrogen and oxygen atoms in total. The maximum Gasteiger partial charge on any atom is 0.134 e. The zero-order valence-corrected chi connectivity index (χ0v) is 16.2. The summed E-state index contributed by atoms with van der Waals surface area (Å²) in [6, 6.07) is 4.63. The van der Waals surface area contributed by atoms with Crippen molar-refractivity contribution < 1.29 is 4.74 Å². The molecule has 26 heavy (non-hydrogen) atoms. The highest BCUT2D eigenvalue weighted by Crippen LogP contribution is 2.52. The van der Waals surface area contributed by atoms with E-state index in [1.165, 1.54) is 44.1 Å². The first-order valence-electron chi connectivity index (χ1n) is 9.90. The van der Waals surface area contributed by atoms with Gasteiger partial charge in [-0.1, -0.05) is 24.7 Å². The van der Waals surface area contributed by atoms with E-state index >= 15 is 0 Å². The number of benzene rings is 1. The average molecular weight is 351 g/mol. The highest BCUT2D eigenvalue weighted by molar-refractivity contribution is 6.10. The minimum absolute atomic E-state index is 0.0877. The number of nitrogens with one attached hydrogen (secondary N) is 1. The van der Waals surface area contributed by atoms with Gasteiger partial charge in [0.15, 0.2) is 0 Å². The number of piperidine rings is 1. The van der Waals surface area contributed by atoms with Crippen LogP contribution in [-0.4, -0.2) is 44.0 Å². The van der Waals surface area contributed by atoms with Gasteiger partial charge in [-0.15, -0.1) is 0 Å². The molecule has 0 aromatic heterocycles. The lowest BCUT2D eigenvalue weighted by Crippen LogP contribution is -2.41. The predicted octanol–water partition coefficient (Wildman–Crippen LogP) is 3.80. The number of likely N-dealkylation sites (tertiary alicyclic amines) is 1. The Morgan fingerprint density at radius 2 is 1.96 bits per heavy atom. The summed E-state index contributed by atoms with van der Waals surface area (Å²) in [5.41, 5.74) is 3.54. The van der Waals surface area contributed by atoms with Crippen molar-refractivity contribution in [3.05, 3.63) is 23.3 Å². The number of ether oxygens (including phenoxy) is 1. The van der Waals surface area contributed by atoms with Crippen molar-refractivity contribution >= 4 is 11.5 Å². The van der Waals surface area contributed by atoms with E-state index < -0.39 is 0 Å². The molecular formula is C22H29N3O. The molecule has 4 heteroatoms. The number of fused-ring (bicyclic) bond motifs is 2. The van der Waals surface area contributed by atoms with Crippen molar-refractivity contribution in [3.8, 4) is 17.6 Å². The number of anilines is 1. The highest BCUT2D eigenvalue weighted by atomic mass is 16.5. The monoisotopic (exact) mass is 351 g/mol. The molecule has 1 N–H and O–H groups in total. The van der Waals surface area contributed by atoms with Gasteiger partial charge < -0.3 is 10.1 Å². The third-order valence-corrected chi connectivity index (χ3v) is 6.35. The molecule has 1 atom stereocenters. The van der Waals surface area contributed by atoms with Gasteiger partial charge in [-0.05, 0) is 63.4 Å². The molecule has 4 rings (SSSR count). The Kier molecular flexibility index (Phi) is 4.67. The SMILES string of the molecule is CN=C1Nc2cc(C#C[C@@H](C)N3CCCCC3)c(OC)cc2C12CCC2. The first-order valence-corrected chi connectivity index (χ1v) is 9.90. The van der Waals surface area contributed by atoms with E-state index in [0.29, 0.717) is 0 Å². The molecule has 3 aliphatic rings. The van der Waals surface area contributed by atoms with Crippen molar-refractivity contribution in [2.45, 2.75) is 56.9 Å². The van der Waals surface area contributed by atoms with Crippen LogP contribution < -0.4 is 10.1 Å². The lowest BCUT2D eigenvalue weighted by molar-refractivity contribution is 0.206. The molecule has 138 valence electrons. The molecule has 0 unspecified atom stereocenters. The Morgan fingerprint density at radius 3 is 2.58 bits per heavy atom. The van der Waals surface area contributed by atoms with Gasteiger partial charge in [0.05, 0.1) is 24.1 Å². The Hall–Kier alpha value is -1.99. The summed E-state index contributed by atoms with van der Waals surface area (Å²) in [4.78, 5) is 7.01. The maximum atomic E-state index is 5.70. The Labute approximate surface area is 157 Å². The van der Waals surface area contributed by atoms with Gasteiger partial charge in [0.25, 0.3) is 0 Å². The van der Waals surface area contributed by atoms with Gasteiger partial charge in [-0.25, -0.2) is 0 Å². The highest BCUT2D eigenvalue weighted by Gasteiger charge is 2.49. The number of hydrogen-bond acceptors (Lipinski definition) is 3. The van der Waals surface area contributed by atoms with E-state index in [9.17, 15) is 0 Å². The maximum absolute atomic E-state index is 5.70. The fraction of sp³-hybridized carbons (Fsp3) is 0.591. The minimum atomic E-state index is 0.0877. The van der Waals surface area contributed by atoms with Crippen molar-refractivity contribution in [2.75, 3.05) is 32.6 Å². The molecule has 1 saturated heterocycles. The third-order valence-electron chi connectivity index (χ3n) is 6.35. The van der Waals surface area contributed by atoms with Gasteiger partial charge in [0.1, 0.15) is 11.6 Å².